The molecule has 17 heavy (non-hydrogen) atoms. The third-order valence-electron chi connectivity index (χ3n) is 2.49. The number of carboxylic acid groups (broad SMARTS) is 1. The summed E-state index contributed by atoms with van der Waals surface area (Å²) >= 11 is 1.22. The van der Waals surface area contributed by atoms with Gasteiger partial charge in [0.15, 0.2) is 5.69 Å². The molecule has 7 heteroatoms. The number of aromatic carboxylic acids is 1. The van der Waals surface area contributed by atoms with E-state index >= 15 is 0 Å². The van der Waals surface area contributed by atoms with Crippen molar-refractivity contribution >= 4 is 23.2 Å². The molecule has 1 saturated heterocycles. The molecule has 0 bridgehead atoms. The summed E-state index contributed by atoms with van der Waals surface area (Å²) in [7, 11) is 0. The predicted octanol–water partition coefficient (Wildman–Crippen LogP) is 0.494. The van der Waals surface area contributed by atoms with E-state index in [-0.39, 0.29) is 24.1 Å². The van der Waals surface area contributed by atoms with E-state index in [1.165, 1.54) is 16.7 Å². The maximum atomic E-state index is 11.6. The lowest BCUT2D eigenvalue weighted by Crippen LogP contribution is -2.30. The van der Waals surface area contributed by atoms with Gasteiger partial charge in [-0.2, -0.15) is 0 Å². The quantitative estimate of drug-likeness (QED) is 0.818. The minimum Gasteiger partial charge on any atom is -0.476 e. The molecule has 0 aromatic carbocycles. The molecule has 2 N–H and O–H groups in total. The van der Waals surface area contributed by atoms with E-state index in [4.69, 9.17) is 9.84 Å². The monoisotopic (exact) mass is 256 g/mol. The SMILES string of the molecule is O=C(O)c1csc(CNC(=O)C2CCOC2)n1. The van der Waals surface area contributed by atoms with Gasteiger partial charge in [-0.05, 0) is 6.42 Å². The Bertz CT molecular complexity index is 426. The number of carbonyl (C=O) groups is 2. The van der Waals surface area contributed by atoms with Gasteiger partial charge in [0, 0.05) is 12.0 Å². The van der Waals surface area contributed by atoms with Crippen molar-refractivity contribution in [3.8, 4) is 0 Å². The second kappa shape index (κ2) is 5.24. The lowest BCUT2D eigenvalue weighted by molar-refractivity contribution is -0.125. The summed E-state index contributed by atoms with van der Waals surface area (Å²) in [6.07, 6.45) is 0.740. The average Bonchev–Trinajstić information content (AvgIpc) is 2.97. The van der Waals surface area contributed by atoms with Crippen molar-refractivity contribution < 1.29 is 19.4 Å². The first-order valence-corrected chi connectivity index (χ1v) is 6.08. The van der Waals surface area contributed by atoms with Crippen molar-refractivity contribution in [1.29, 1.82) is 0 Å². The third kappa shape index (κ3) is 3.01. The molecule has 0 radical (unpaired) electrons. The number of carboxylic acids is 1. The highest BCUT2D eigenvalue weighted by molar-refractivity contribution is 7.09. The molecule has 1 amide bonds. The fourth-order valence-electron chi connectivity index (χ4n) is 1.54. The summed E-state index contributed by atoms with van der Waals surface area (Å²) in [5.74, 6) is -1.20. The molecule has 1 aliphatic heterocycles. The lowest BCUT2D eigenvalue weighted by atomic mass is 10.1. The smallest absolute Gasteiger partial charge is 0.355 e. The molecule has 1 unspecified atom stereocenters. The number of aromatic nitrogens is 1. The van der Waals surface area contributed by atoms with Crippen LogP contribution in [0, 0.1) is 5.92 Å². The van der Waals surface area contributed by atoms with Crippen LogP contribution in [-0.2, 0) is 16.1 Å². The second-order valence-electron chi connectivity index (χ2n) is 3.71. The number of hydrogen-bond acceptors (Lipinski definition) is 5. The van der Waals surface area contributed by atoms with Crippen molar-refractivity contribution in [2.24, 2.45) is 5.92 Å². The molecule has 1 aromatic heterocycles. The predicted molar refractivity (Wildman–Crippen MR) is 59.8 cm³/mol. The number of nitrogens with one attached hydrogen (secondary N) is 1. The summed E-state index contributed by atoms with van der Waals surface area (Å²) in [5, 5.41) is 13.5. The van der Waals surface area contributed by atoms with Gasteiger partial charge in [0.25, 0.3) is 0 Å². The largest absolute Gasteiger partial charge is 0.476 e. The van der Waals surface area contributed by atoms with E-state index in [1.807, 2.05) is 0 Å². The second-order valence-corrected chi connectivity index (χ2v) is 4.65. The summed E-state index contributed by atoms with van der Waals surface area (Å²) in [5.41, 5.74) is 0.0171. The van der Waals surface area contributed by atoms with E-state index in [0.29, 0.717) is 18.2 Å². The Kier molecular flexibility index (Phi) is 3.70. The third-order valence-corrected chi connectivity index (χ3v) is 3.33. The fraction of sp³-hybridized carbons (Fsp3) is 0.500. The first kappa shape index (κ1) is 12.0. The number of carbonyl (C=O) groups excluding carboxylic acids is 1. The molecule has 1 aromatic rings. The molecular formula is C10H12N2O4S. The molecule has 1 aliphatic rings. The molecule has 0 spiro atoms. The summed E-state index contributed by atoms with van der Waals surface area (Å²) in [6, 6.07) is 0. The van der Waals surface area contributed by atoms with Crippen molar-refractivity contribution in [2.45, 2.75) is 13.0 Å². The average molecular weight is 256 g/mol. The van der Waals surface area contributed by atoms with Crippen LogP contribution in [0.25, 0.3) is 0 Å². The number of amides is 1. The van der Waals surface area contributed by atoms with Gasteiger partial charge in [0.05, 0.1) is 19.1 Å². The zero-order valence-corrected chi connectivity index (χ0v) is 9.83. The highest BCUT2D eigenvalue weighted by Crippen LogP contribution is 2.13. The number of nitrogens with zero attached hydrogens (tertiary/aromatic N) is 1. The molecule has 0 saturated carbocycles. The Hall–Kier alpha value is -1.47. The van der Waals surface area contributed by atoms with Crippen molar-refractivity contribution in [2.75, 3.05) is 13.2 Å². The van der Waals surface area contributed by atoms with Crippen LogP contribution in [0.4, 0.5) is 0 Å². The Morgan fingerprint density at radius 3 is 3.06 bits per heavy atom. The minimum absolute atomic E-state index is 0.0171. The summed E-state index contributed by atoms with van der Waals surface area (Å²) < 4.78 is 5.11. The zero-order valence-electron chi connectivity index (χ0n) is 9.01. The van der Waals surface area contributed by atoms with E-state index in [1.54, 1.807) is 0 Å². The normalized spacial score (nSPS) is 19.2. The number of ether oxygens (including phenoxy) is 1. The number of hydrogen-bond donors (Lipinski definition) is 2. The lowest BCUT2D eigenvalue weighted by Gasteiger charge is -2.07. The highest BCUT2D eigenvalue weighted by Gasteiger charge is 2.23. The Morgan fingerprint density at radius 2 is 2.47 bits per heavy atom. The van der Waals surface area contributed by atoms with Gasteiger partial charge < -0.3 is 15.2 Å². The van der Waals surface area contributed by atoms with Crippen LogP contribution < -0.4 is 5.32 Å². The maximum absolute atomic E-state index is 11.6. The molecule has 0 aliphatic carbocycles. The molecule has 1 atom stereocenters. The summed E-state index contributed by atoms with van der Waals surface area (Å²) in [4.78, 5) is 26.1. The van der Waals surface area contributed by atoms with E-state index in [2.05, 4.69) is 10.3 Å². The van der Waals surface area contributed by atoms with Crippen LogP contribution in [0.1, 0.15) is 21.9 Å². The van der Waals surface area contributed by atoms with E-state index < -0.39 is 5.97 Å². The standard InChI is InChI=1S/C10H12N2O4S/c13-9(6-1-2-16-4-6)11-3-8-12-7(5-17-8)10(14)15/h5-6H,1-4H2,(H,11,13)(H,14,15). The van der Waals surface area contributed by atoms with Gasteiger partial charge >= 0.3 is 5.97 Å². The molecule has 1 fully saturated rings. The topological polar surface area (TPSA) is 88.5 Å². The molecular weight excluding hydrogens is 244 g/mol. The number of rotatable bonds is 4. The summed E-state index contributed by atoms with van der Waals surface area (Å²) in [6.45, 7) is 1.36. The van der Waals surface area contributed by atoms with Gasteiger partial charge in [-0.25, -0.2) is 9.78 Å². The molecule has 6 nitrogen and oxygen atoms in total. The van der Waals surface area contributed by atoms with Crippen LogP contribution in [0.5, 0.6) is 0 Å². The Morgan fingerprint density at radius 1 is 1.65 bits per heavy atom. The first-order chi connectivity index (χ1) is 8.16. The van der Waals surface area contributed by atoms with E-state index in [0.717, 1.165) is 6.42 Å². The van der Waals surface area contributed by atoms with E-state index in [9.17, 15) is 9.59 Å². The van der Waals surface area contributed by atoms with Crippen molar-refractivity contribution in [3.63, 3.8) is 0 Å². The molecule has 92 valence electrons. The Labute approximate surface area is 102 Å². The molecule has 2 heterocycles. The van der Waals surface area contributed by atoms with Crippen molar-refractivity contribution in [3.05, 3.63) is 16.1 Å². The van der Waals surface area contributed by atoms with Crippen LogP contribution in [0.3, 0.4) is 0 Å². The first-order valence-electron chi connectivity index (χ1n) is 5.20. The zero-order chi connectivity index (χ0) is 12.3. The van der Waals surface area contributed by atoms with Gasteiger partial charge in [-0.3, -0.25) is 4.79 Å². The van der Waals surface area contributed by atoms with Gasteiger partial charge in [-0.1, -0.05) is 0 Å². The van der Waals surface area contributed by atoms with Crippen molar-refractivity contribution in [1.82, 2.24) is 10.3 Å². The molecule has 2 rings (SSSR count). The van der Waals surface area contributed by atoms with Crippen LogP contribution >= 0.6 is 11.3 Å². The minimum atomic E-state index is -1.05. The number of thiazole rings is 1. The van der Waals surface area contributed by atoms with Crippen LogP contribution in [0.15, 0.2) is 5.38 Å². The van der Waals surface area contributed by atoms with Crippen LogP contribution in [-0.4, -0.2) is 35.2 Å². The fourth-order valence-corrected chi connectivity index (χ4v) is 2.25. The Balaban J connectivity index is 1.84. The highest BCUT2D eigenvalue weighted by atomic mass is 32.1. The van der Waals surface area contributed by atoms with Gasteiger partial charge in [-0.15, -0.1) is 11.3 Å². The van der Waals surface area contributed by atoms with Gasteiger partial charge in [0.1, 0.15) is 5.01 Å². The maximum Gasteiger partial charge on any atom is 0.355 e. The van der Waals surface area contributed by atoms with Crippen LogP contribution in [0.2, 0.25) is 0 Å². The van der Waals surface area contributed by atoms with Gasteiger partial charge in [0.2, 0.25) is 5.91 Å².